The zero-order chi connectivity index (χ0) is 25.8. The molecule has 0 fully saturated rings. The molecule has 0 bridgehead atoms. The van der Waals surface area contributed by atoms with Crippen LogP contribution in [0.3, 0.4) is 0 Å². The van der Waals surface area contributed by atoms with Gasteiger partial charge in [-0.25, -0.2) is 18.1 Å². The third-order valence-electron chi connectivity index (χ3n) is 5.39. The van der Waals surface area contributed by atoms with Gasteiger partial charge >= 0.3 is 0 Å². The molecule has 3 aromatic carbocycles. The molecule has 0 radical (unpaired) electrons. The lowest BCUT2D eigenvalue weighted by atomic mass is 10.0. The minimum atomic E-state index is -4.01. The fraction of sp³-hybridized carbons (Fsp3) is 0.0800. The first-order chi connectivity index (χ1) is 17.9. The van der Waals surface area contributed by atoms with Crippen LogP contribution < -0.4 is 10.0 Å². The van der Waals surface area contributed by atoms with Crippen LogP contribution in [0.2, 0.25) is 0 Å². The highest BCUT2D eigenvalue weighted by molar-refractivity contribution is 7.89. The van der Waals surface area contributed by atoms with E-state index in [-0.39, 0.29) is 4.90 Å². The standard InChI is InChI=1S/C25H18N6O3S3/c26-14-17-6-3-5-16(11-17)12-21(25-29-20-9-1-2-10-22(20)35-25)30-37(33,34)19-8-4-7-18(13-19)28-24(32)23-15-27-31-36-23/h1-11,13,15,21,30H,12H2,(H,28,32). The molecule has 0 aliphatic heterocycles. The van der Waals surface area contributed by atoms with Gasteiger partial charge in [-0.15, -0.1) is 16.4 Å². The van der Waals surface area contributed by atoms with E-state index >= 15 is 0 Å². The Bertz CT molecular complexity index is 1690. The van der Waals surface area contributed by atoms with Gasteiger partial charge < -0.3 is 5.32 Å². The normalized spacial score (nSPS) is 12.2. The second kappa shape index (κ2) is 10.5. The quantitative estimate of drug-likeness (QED) is 0.292. The van der Waals surface area contributed by atoms with Gasteiger partial charge in [-0.1, -0.05) is 34.8 Å². The number of anilines is 1. The summed E-state index contributed by atoms with van der Waals surface area (Å²) in [4.78, 5) is 17.3. The van der Waals surface area contributed by atoms with Crippen LogP contribution in [-0.4, -0.2) is 28.9 Å². The number of carbonyl (C=O) groups excluding carboxylic acids is 1. The highest BCUT2D eigenvalue weighted by atomic mass is 32.2. The molecule has 0 aliphatic carbocycles. The number of rotatable bonds is 8. The van der Waals surface area contributed by atoms with Gasteiger partial charge in [0.1, 0.15) is 9.88 Å². The molecule has 2 N–H and O–H groups in total. The minimum Gasteiger partial charge on any atom is -0.321 e. The van der Waals surface area contributed by atoms with Gasteiger partial charge in [0.05, 0.1) is 39.0 Å². The maximum atomic E-state index is 13.5. The largest absolute Gasteiger partial charge is 0.321 e. The number of hydrogen-bond acceptors (Lipinski definition) is 9. The summed E-state index contributed by atoms with van der Waals surface area (Å²) in [7, 11) is -4.01. The van der Waals surface area contributed by atoms with E-state index in [1.165, 1.54) is 29.7 Å². The van der Waals surface area contributed by atoms with Crippen molar-refractivity contribution in [2.75, 3.05) is 5.32 Å². The Labute approximate surface area is 220 Å². The van der Waals surface area contributed by atoms with Crippen molar-refractivity contribution in [3.8, 4) is 6.07 Å². The van der Waals surface area contributed by atoms with Crippen LogP contribution in [0.5, 0.6) is 0 Å². The Morgan fingerprint density at radius 2 is 1.89 bits per heavy atom. The molecule has 1 amide bonds. The molecule has 1 atom stereocenters. The summed E-state index contributed by atoms with van der Waals surface area (Å²) in [6.45, 7) is 0. The molecular formula is C25H18N6O3S3. The van der Waals surface area contributed by atoms with E-state index in [0.29, 0.717) is 27.6 Å². The number of para-hydroxylation sites is 1. The molecule has 0 saturated carbocycles. The van der Waals surface area contributed by atoms with Crippen LogP contribution in [0.4, 0.5) is 5.69 Å². The molecule has 0 aliphatic rings. The van der Waals surface area contributed by atoms with Crippen molar-refractivity contribution in [3.05, 3.63) is 100 Å². The highest BCUT2D eigenvalue weighted by Crippen LogP contribution is 2.30. The summed E-state index contributed by atoms with van der Waals surface area (Å²) >= 11 is 2.35. The molecule has 5 aromatic rings. The zero-order valence-electron chi connectivity index (χ0n) is 19.0. The van der Waals surface area contributed by atoms with Gasteiger partial charge in [0.2, 0.25) is 10.0 Å². The number of thiazole rings is 1. The molecule has 37 heavy (non-hydrogen) atoms. The van der Waals surface area contributed by atoms with Crippen molar-refractivity contribution in [2.45, 2.75) is 17.4 Å². The first kappa shape index (κ1) is 24.7. The molecule has 184 valence electrons. The van der Waals surface area contributed by atoms with E-state index < -0.39 is 22.0 Å². The average Bonchev–Trinajstić information content (AvgIpc) is 3.59. The maximum Gasteiger partial charge on any atom is 0.269 e. The van der Waals surface area contributed by atoms with Gasteiger partial charge in [-0.2, -0.15) is 5.26 Å². The van der Waals surface area contributed by atoms with Crippen LogP contribution in [0.1, 0.15) is 31.8 Å². The summed E-state index contributed by atoms with van der Waals surface area (Å²) < 4.78 is 34.4. The van der Waals surface area contributed by atoms with Crippen molar-refractivity contribution in [3.63, 3.8) is 0 Å². The van der Waals surface area contributed by atoms with Gasteiger partial charge in [-0.05, 0) is 66.0 Å². The molecule has 0 spiro atoms. The summed E-state index contributed by atoms with van der Waals surface area (Å²) in [5.41, 5.74) is 2.38. The second-order valence-corrected chi connectivity index (χ2v) is 11.5. The summed E-state index contributed by atoms with van der Waals surface area (Å²) in [6, 6.07) is 22.1. The molecule has 2 aromatic heterocycles. The number of amides is 1. The number of hydrogen-bond donors (Lipinski definition) is 2. The number of benzene rings is 3. The van der Waals surface area contributed by atoms with Crippen molar-refractivity contribution < 1.29 is 13.2 Å². The van der Waals surface area contributed by atoms with Crippen LogP contribution in [0.15, 0.2) is 83.9 Å². The number of nitriles is 1. The van der Waals surface area contributed by atoms with E-state index in [1.54, 1.807) is 30.3 Å². The molecule has 1 unspecified atom stereocenters. The van der Waals surface area contributed by atoms with Crippen molar-refractivity contribution >= 4 is 54.7 Å². The number of nitrogens with one attached hydrogen (secondary N) is 2. The lowest BCUT2D eigenvalue weighted by Gasteiger charge is -2.17. The third-order valence-corrected chi connectivity index (χ3v) is 8.67. The van der Waals surface area contributed by atoms with E-state index in [0.717, 1.165) is 27.3 Å². The second-order valence-electron chi connectivity index (χ2n) is 7.97. The molecule has 0 saturated heterocycles. The topological polar surface area (TPSA) is 138 Å². The molecule has 12 heteroatoms. The smallest absolute Gasteiger partial charge is 0.269 e. The number of carbonyl (C=O) groups is 1. The van der Waals surface area contributed by atoms with Crippen LogP contribution >= 0.6 is 22.9 Å². The lowest BCUT2D eigenvalue weighted by molar-refractivity contribution is 0.103. The van der Waals surface area contributed by atoms with E-state index in [9.17, 15) is 18.5 Å². The summed E-state index contributed by atoms with van der Waals surface area (Å²) in [5.74, 6) is -0.428. The third kappa shape index (κ3) is 5.71. The predicted molar refractivity (Wildman–Crippen MR) is 142 cm³/mol. The first-order valence-electron chi connectivity index (χ1n) is 11.0. The van der Waals surface area contributed by atoms with Gasteiger partial charge in [0, 0.05) is 5.69 Å². The number of fused-ring (bicyclic) bond motifs is 1. The predicted octanol–water partition coefficient (Wildman–Crippen LogP) is 4.53. The average molecular weight is 547 g/mol. The number of nitrogens with zero attached hydrogens (tertiary/aromatic N) is 4. The van der Waals surface area contributed by atoms with Crippen LogP contribution in [-0.2, 0) is 16.4 Å². The zero-order valence-corrected chi connectivity index (χ0v) is 21.5. The monoisotopic (exact) mass is 546 g/mol. The highest BCUT2D eigenvalue weighted by Gasteiger charge is 2.25. The van der Waals surface area contributed by atoms with E-state index in [4.69, 9.17) is 0 Å². The summed E-state index contributed by atoms with van der Waals surface area (Å²) in [5, 5.41) is 16.2. The SMILES string of the molecule is N#Cc1cccc(CC(NS(=O)(=O)c2cccc(NC(=O)c3cnns3)c2)c2nc3ccccc3s2)c1. The Hall–Kier alpha value is -4.02. The molecule has 9 nitrogen and oxygen atoms in total. The van der Waals surface area contributed by atoms with E-state index in [1.807, 2.05) is 30.3 Å². The fourth-order valence-electron chi connectivity index (χ4n) is 3.68. The Morgan fingerprint density at radius 3 is 2.68 bits per heavy atom. The molecule has 5 rings (SSSR count). The first-order valence-corrected chi connectivity index (χ1v) is 14.0. The van der Waals surface area contributed by atoms with Crippen LogP contribution in [0, 0.1) is 11.3 Å². The Kier molecular flexibility index (Phi) is 7.02. The number of sulfonamides is 1. The van der Waals surface area contributed by atoms with Crippen molar-refractivity contribution in [1.29, 1.82) is 5.26 Å². The van der Waals surface area contributed by atoms with Gasteiger partial charge in [0.15, 0.2) is 0 Å². The van der Waals surface area contributed by atoms with E-state index in [2.05, 4.69) is 30.7 Å². The molecular weight excluding hydrogens is 529 g/mol. The maximum absolute atomic E-state index is 13.5. The molecule has 2 heterocycles. The van der Waals surface area contributed by atoms with Crippen molar-refractivity contribution in [2.24, 2.45) is 0 Å². The van der Waals surface area contributed by atoms with Crippen LogP contribution in [0.25, 0.3) is 10.2 Å². The summed E-state index contributed by atoms with van der Waals surface area (Å²) in [6.07, 6.45) is 1.63. The number of aromatic nitrogens is 3. The van der Waals surface area contributed by atoms with Gasteiger partial charge in [-0.3, -0.25) is 4.79 Å². The van der Waals surface area contributed by atoms with Crippen molar-refractivity contribution in [1.82, 2.24) is 19.3 Å². The van der Waals surface area contributed by atoms with Gasteiger partial charge in [0.25, 0.3) is 5.91 Å². The lowest BCUT2D eigenvalue weighted by Crippen LogP contribution is -2.30. The Morgan fingerprint density at radius 1 is 1.05 bits per heavy atom. The fourth-order valence-corrected chi connectivity index (χ4v) is 6.43. The minimum absolute atomic E-state index is 0.00961. The Balaban J connectivity index is 1.45.